The van der Waals surface area contributed by atoms with Gasteiger partial charge in [-0.1, -0.05) is 60.7 Å². The number of fused-ring (bicyclic) bond motifs is 2. The lowest BCUT2D eigenvalue weighted by Crippen LogP contribution is -1.79. The van der Waals surface area contributed by atoms with Gasteiger partial charge in [-0.25, -0.2) is 0 Å². The van der Waals surface area contributed by atoms with Gasteiger partial charge in [0.1, 0.15) is 11.5 Å². The third-order valence-corrected chi connectivity index (χ3v) is 6.38. The normalized spacial score (nSPS) is 11.2. The Labute approximate surface area is 147 Å². The second-order valence-corrected chi connectivity index (χ2v) is 7.65. The fraction of sp³-hybridized carbons (Fsp3) is 0. The van der Waals surface area contributed by atoms with Crippen LogP contribution < -0.4 is 0 Å². The van der Waals surface area contributed by atoms with Gasteiger partial charge in [0.15, 0.2) is 0 Å². The second kappa shape index (κ2) is 6.30. The van der Waals surface area contributed by atoms with Crippen LogP contribution in [-0.2, 0) is 0 Å². The lowest BCUT2D eigenvalue weighted by Gasteiger charge is -2.09. The third-order valence-electron chi connectivity index (χ3n) is 3.95. The zero-order valence-corrected chi connectivity index (χ0v) is 14.3. The van der Waals surface area contributed by atoms with Gasteiger partial charge in [0.25, 0.3) is 0 Å². The summed E-state index contributed by atoms with van der Waals surface area (Å²) in [7, 11) is 2.89. The summed E-state index contributed by atoms with van der Waals surface area (Å²) in [5, 5.41) is 24.6. The number of phenolic OH excluding ortho intramolecular Hbond substituents is 2. The Kier molecular flexibility index (Phi) is 4.00. The van der Waals surface area contributed by atoms with Gasteiger partial charge in [-0.3, -0.25) is 0 Å². The predicted octanol–water partition coefficient (Wildman–Crippen LogP) is 6.20. The average Bonchev–Trinajstić information content (AvgIpc) is 2.63. The van der Waals surface area contributed by atoms with Gasteiger partial charge >= 0.3 is 0 Å². The van der Waals surface area contributed by atoms with Gasteiger partial charge in [0, 0.05) is 10.8 Å². The molecule has 0 saturated carbocycles. The molecule has 0 unspecified atom stereocenters. The van der Waals surface area contributed by atoms with Crippen molar-refractivity contribution >= 4 is 43.1 Å². The zero-order valence-electron chi connectivity index (χ0n) is 12.6. The molecule has 0 aromatic heterocycles. The Morgan fingerprint density at radius 3 is 1.38 bits per heavy atom. The number of hydrogen-bond donors (Lipinski definition) is 2. The second-order valence-electron chi connectivity index (χ2n) is 5.43. The molecule has 24 heavy (non-hydrogen) atoms. The van der Waals surface area contributed by atoms with Crippen molar-refractivity contribution in [3.63, 3.8) is 0 Å². The highest BCUT2D eigenvalue weighted by atomic mass is 33.1. The first kappa shape index (κ1) is 15.2. The Morgan fingerprint density at radius 1 is 0.500 bits per heavy atom. The van der Waals surface area contributed by atoms with Crippen LogP contribution in [0.1, 0.15) is 0 Å². The maximum Gasteiger partial charge on any atom is 0.137 e. The van der Waals surface area contributed by atoms with Crippen LogP contribution in [0, 0.1) is 0 Å². The van der Waals surface area contributed by atoms with E-state index in [2.05, 4.69) is 0 Å². The molecule has 0 heterocycles. The van der Waals surface area contributed by atoms with E-state index in [-0.39, 0.29) is 11.5 Å². The largest absolute Gasteiger partial charge is 0.506 e. The minimum absolute atomic E-state index is 0.283. The van der Waals surface area contributed by atoms with Crippen LogP contribution in [0.2, 0.25) is 0 Å². The fourth-order valence-corrected chi connectivity index (χ4v) is 4.84. The maximum absolute atomic E-state index is 10.5. The van der Waals surface area contributed by atoms with Crippen LogP contribution in [-0.4, -0.2) is 10.2 Å². The van der Waals surface area contributed by atoms with Crippen molar-refractivity contribution < 1.29 is 10.2 Å². The van der Waals surface area contributed by atoms with E-state index in [0.29, 0.717) is 0 Å². The van der Waals surface area contributed by atoms with Gasteiger partial charge in [-0.2, -0.15) is 0 Å². The smallest absolute Gasteiger partial charge is 0.137 e. The third kappa shape index (κ3) is 2.68. The zero-order chi connectivity index (χ0) is 16.5. The molecule has 0 saturated heterocycles. The molecule has 0 aliphatic carbocycles. The van der Waals surface area contributed by atoms with E-state index in [1.807, 2.05) is 72.8 Å². The van der Waals surface area contributed by atoms with Gasteiger partial charge < -0.3 is 10.2 Å². The van der Waals surface area contributed by atoms with E-state index in [0.717, 1.165) is 31.3 Å². The van der Waals surface area contributed by atoms with Crippen molar-refractivity contribution in [1.82, 2.24) is 0 Å². The first-order valence-electron chi connectivity index (χ1n) is 7.50. The van der Waals surface area contributed by atoms with Crippen molar-refractivity contribution in [2.24, 2.45) is 0 Å². The van der Waals surface area contributed by atoms with Gasteiger partial charge in [-0.15, -0.1) is 0 Å². The summed E-state index contributed by atoms with van der Waals surface area (Å²) in [6, 6.07) is 23.3. The summed E-state index contributed by atoms with van der Waals surface area (Å²) in [5.41, 5.74) is 0. The van der Waals surface area contributed by atoms with Crippen molar-refractivity contribution in [2.45, 2.75) is 9.79 Å². The van der Waals surface area contributed by atoms with Crippen LogP contribution in [0.15, 0.2) is 82.6 Å². The number of aromatic hydroxyl groups is 2. The van der Waals surface area contributed by atoms with Crippen molar-refractivity contribution in [1.29, 1.82) is 0 Å². The molecule has 0 radical (unpaired) electrons. The van der Waals surface area contributed by atoms with Gasteiger partial charge in [-0.05, 0) is 44.5 Å². The molecule has 0 aliphatic rings. The number of phenols is 2. The number of benzene rings is 4. The molecule has 118 valence electrons. The topological polar surface area (TPSA) is 40.5 Å². The van der Waals surface area contributed by atoms with E-state index >= 15 is 0 Å². The van der Waals surface area contributed by atoms with Crippen molar-refractivity contribution in [3.8, 4) is 11.5 Å². The van der Waals surface area contributed by atoms with Gasteiger partial charge in [0.2, 0.25) is 0 Å². The molecule has 2 nitrogen and oxygen atoms in total. The van der Waals surface area contributed by atoms with Crippen LogP contribution in [0.4, 0.5) is 0 Å². The maximum atomic E-state index is 10.5. The van der Waals surface area contributed by atoms with E-state index in [1.165, 1.54) is 21.6 Å². The van der Waals surface area contributed by atoms with Crippen LogP contribution in [0.25, 0.3) is 21.5 Å². The van der Waals surface area contributed by atoms with E-state index in [4.69, 9.17) is 0 Å². The highest BCUT2D eigenvalue weighted by molar-refractivity contribution is 8.76. The number of rotatable bonds is 3. The molecular formula is C20H14O2S2. The summed E-state index contributed by atoms with van der Waals surface area (Å²) in [5.74, 6) is 0.566. The molecule has 4 heteroatoms. The highest BCUT2D eigenvalue weighted by Gasteiger charge is 2.11. The minimum Gasteiger partial charge on any atom is -0.506 e. The number of hydrogen-bond acceptors (Lipinski definition) is 4. The Balaban J connectivity index is 1.66. The van der Waals surface area contributed by atoms with Crippen LogP contribution in [0.3, 0.4) is 0 Å². The lowest BCUT2D eigenvalue weighted by molar-refractivity contribution is 0.468. The molecule has 0 amide bonds. The van der Waals surface area contributed by atoms with E-state index in [9.17, 15) is 10.2 Å². The molecule has 0 fully saturated rings. The highest BCUT2D eigenvalue weighted by Crippen LogP contribution is 2.47. The van der Waals surface area contributed by atoms with E-state index in [1.54, 1.807) is 0 Å². The minimum atomic E-state index is 0.283. The summed E-state index contributed by atoms with van der Waals surface area (Å²) >= 11 is 0. The van der Waals surface area contributed by atoms with Crippen LogP contribution >= 0.6 is 21.6 Å². The Morgan fingerprint density at radius 2 is 0.917 bits per heavy atom. The molecule has 2 N–H and O–H groups in total. The molecule has 0 bridgehead atoms. The summed E-state index contributed by atoms with van der Waals surface area (Å²) in [4.78, 5) is 1.57. The SMILES string of the molecule is Oc1c(SSc2ccc3ccccc3c2O)ccc2ccccc12. The summed E-state index contributed by atoms with van der Waals surface area (Å²) in [6.45, 7) is 0. The first-order valence-corrected chi connectivity index (χ1v) is 9.65. The molecule has 0 atom stereocenters. The molecule has 0 aliphatic heterocycles. The fourth-order valence-electron chi connectivity index (χ4n) is 2.69. The monoisotopic (exact) mass is 350 g/mol. The van der Waals surface area contributed by atoms with E-state index < -0.39 is 0 Å². The first-order chi connectivity index (χ1) is 11.7. The Bertz CT molecular complexity index is 959. The van der Waals surface area contributed by atoms with Crippen LogP contribution in [0.5, 0.6) is 11.5 Å². The quantitative estimate of drug-likeness (QED) is 0.431. The lowest BCUT2D eigenvalue weighted by atomic mass is 10.1. The van der Waals surface area contributed by atoms with Crippen molar-refractivity contribution in [2.75, 3.05) is 0 Å². The summed E-state index contributed by atoms with van der Waals surface area (Å²) < 4.78 is 0. The summed E-state index contributed by atoms with van der Waals surface area (Å²) in [6.07, 6.45) is 0. The standard InChI is InChI=1S/C20H14O2S2/c21-19-15-7-3-1-5-13(15)9-11-17(19)23-24-18-12-10-14-6-2-4-8-16(14)20(18)22/h1-12,21-22H. The average molecular weight is 350 g/mol. The van der Waals surface area contributed by atoms with Crippen molar-refractivity contribution in [3.05, 3.63) is 72.8 Å². The Hall–Kier alpha value is -2.30. The molecule has 4 aromatic carbocycles. The predicted molar refractivity (Wildman–Crippen MR) is 103 cm³/mol. The molecule has 0 spiro atoms. The van der Waals surface area contributed by atoms with Gasteiger partial charge in [0.05, 0.1) is 9.79 Å². The molecular weight excluding hydrogens is 336 g/mol. The molecule has 4 rings (SSSR count). The molecule has 4 aromatic rings.